The summed E-state index contributed by atoms with van der Waals surface area (Å²) in [6.07, 6.45) is 1.57. The van der Waals surface area contributed by atoms with Crippen LogP contribution in [0.1, 0.15) is 11.1 Å². The van der Waals surface area contributed by atoms with Crippen molar-refractivity contribution in [3.63, 3.8) is 0 Å². The van der Waals surface area contributed by atoms with Crippen LogP contribution in [0, 0.1) is 19.7 Å². The van der Waals surface area contributed by atoms with E-state index in [4.69, 9.17) is 17.3 Å². The number of aryl methyl sites for hydroxylation is 2. The summed E-state index contributed by atoms with van der Waals surface area (Å²) in [7, 11) is 0. The van der Waals surface area contributed by atoms with E-state index in [-0.39, 0.29) is 5.82 Å². The van der Waals surface area contributed by atoms with Crippen molar-refractivity contribution in [2.75, 3.05) is 5.73 Å². The van der Waals surface area contributed by atoms with Gasteiger partial charge in [0.1, 0.15) is 5.82 Å². The molecule has 4 heteroatoms. The van der Waals surface area contributed by atoms with Gasteiger partial charge in [0.15, 0.2) is 0 Å². The number of hydrogen-bond acceptors (Lipinski definition) is 2. The van der Waals surface area contributed by atoms with E-state index < -0.39 is 0 Å². The summed E-state index contributed by atoms with van der Waals surface area (Å²) >= 11 is 6.04. The third kappa shape index (κ3) is 2.24. The molecule has 0 aliphatic carbocycles. The molecule has 0 saturated heterocycles. The molecule has 2 N–H and O–H groups in total. The molecule has 2 nitrogen and oxygen atoms in total. The number of hydrogen-bond donors (Lipinski definition) is 1. The summed E-state index contributed by atoms with van der Waals surface area (Å²) in [5.74, 6) is -0.313. The molecular weight excluding hydrogens is 239 g/mol. The molecular formula is C13H12ClFN2. The average molecular weight is 251 g/mol. The van der Waals surface area contributed by atoms with Gasteiger partial charge in [0.2, 0.25) is 0 Å². The summed E-state index contributed by atoms with van der Waals surface area (Å²) in [6.45, 7) is 3.59. The number of nitrogens with two attached hydrogens (primary N) is 1. The van der Waals surface area contributed by atoms with Gasteiger partial charge in [-0.3, -0.25) is 4.98 Å². The quantitative estimate of drug-likeness (QED) is 0.837. The van der Waals surface area contributed by atoms with Crippen molar-refractivity contribution in [2.24, 2.45) is 0 Å². The van der Waals surface area contributed by atoms with E-state index in [1.807, 2.05) is 13.0 Å². The second-order valence-electron chi connectivity index (χ2n) is 4.02. The minimum absolute atomic E-state index is 0.313. The number of nitrogens with zero attached hydrogens (tertiary/aromatic N) is 1. The van der Waals surface area contributed by atoms with Crippen LogP contribution >= 0.6 is 11.6 Å². The Bertz CT molecular complexity index is 582. The lowest BCUT2D eigenvalue weighted by Crippen LogP contribution is -1.94. The third-order valence-corrected chi connectivity index (χ3v) is 2.92. The van der Waals surface area contributed by atoms with Crippen molar-refractivity contribution in [1.29, 1.82) is 0 Å². The van der Waals surface area contributed by atoms with E-state index >= 15 is 0 Å². The van der Waals surface area contributed by atoms with Crippen LogP contribution in [0.15, 0.2) is 24.4 Å². The number of nitrogen functional groups attached to an aromatic ring is 1. The molecule has 0 saturated carbocycles. The highest BCUT2D eigenvalue weighted by Crippen LogP contribution is 2.31. The largest absolute Gasteiger partial charge is 0.397 e. The van der Waals surface area contributed by atoms with E-state index in [1.54, 1.807) is 19.2 Å². The van der Waals surface area contributed by atoms with E-state index in [0.29, 0.717) is 16.3 Å². The van der Waals surface area contributed by atoms with Gasteiger partial charge >= 0.3 is 0 Å². The number of halogens is 2. The first-order valence-corrected chi connectivity index (χ1v) is 5.55. The standard InChI is InChI=1S/C13H12ClFN2/c1-7-4-10(11(14)5-12(7)15)13-8(2)3-9(16)6-17-13/h3-6H,16H2,1-2H3. The molecule has 0 fully saturated rings. The minimum atomic E-state index is -0.313. The Morgan fingerprint density at radius 3 is 2.53 bits per heavy atom. The lowest BCUT2D eigenvalue weighted by molar-refractivity contribution is 0.619. The molecule has 1 aromatic heterocycles. The average Bonchev–Trinajstić information content (AvgIpc) is 2.24. The van der Waals surface area contributed by atoms with Crippen LogP contribution < -0.4 is 5.73 Å². The molecule has 2 rings (SSSR count). The number of anilines is 1. The van der Waals surface area contributed by atoms with Gasteiger partial charge in [-0.15, -0.1) is 0 Å². The summed E-state index contributed by atoms with van der Waals surface area (Å²) < 4.78 is 13.3. The topological polar surface area (TPSA) is 38.9 Å². The molecule has 2 aromatic rings. The summed E-state index contributed by atoms with van der Waals surface area (Å²) in [6, 6.07) is 4.82. The maximum absolute atomic E-state index is 13.3. The van der Waals surface area contributed by atoms with Crippen molar-refractivity contribution in [3.8, 4) is 11.3 Å². The van der Waals surface area contributed by atoms with Crippen molar-refractivity contribution in [2.45, 2.75) is 13.8 Å². The summed E-state index contributed by atoms with van der Waals surface area (Å²) in [4.78, 5) is 4.25. The predicted octanol–water partition coefficient (Wildman–Crippen LogP) is 3.74. The number of aromatic nitrogens is 1. The minimum Gasteiger partial charge on any atom is -0.397 e. The molecule has 17 heavy (non-hydrogen) atoms. The van der Waals surface area contributed by atoms with Crippen LogP contribution in [0.3, 0.4) is 0 Å². The van der Waals surface area contributed by atoms with Gasteiger partial charge in [0, 0.05) is 5.56 Å². The highest BCUT2D eigenvalue weighted by Gasteiger charge is 2.11. The van der Waals surface area contributed by atoms with Gasteiger partial charge in [-0.25, -0.2) is 4.39 Å². The molecule has 0 radical (unpaired) electrons. The van der Waals surface area contributed by atoms with Gasteiger partial charge in [0.25, 0.3) is 0 Å². The van der Waals surface area contributed by atoms with Crippen molar-refractivity contribution < 1.29 is 4.39 Å². The predicted molar refractivity (Wildman–Crippen MR) is 68.5 cm³/mol. The molecule has 0 aliphatic heterocycles. The molecule has 0 spiro atoms. The smallest absolute Gasteiger partial charge is 0.127 e. The molecule has 0 bridgehead atoms. The fraction of sp³-hybridized carbons (Fsp3) is 0.154. The zero-order valence-electron chi connectivity index (χ0n) is 9.59. The molecule has 1 heterocycles. The highest BCUT2D eigenvalue weighted by atomic mass is 35.5. The van der Waals surface area contributed by atoms with E-state index in [0.717, 1.165) is 16.8 Å². The third-order valence-electron chi connectivity index (χ3n) is 2.60. The summed E-state index contributed by atoms with van der Waals surface area (Å²) in [5, 5.41) is 0.355. The van der Waals surface area contributed by atoms with Crippen LogP contribution in [0.25, 0.3) is 11.3 Å². The lowest BCUT2D eigenvalue weighted by Gasteiger charge is -2.09. The fourth-order valence-electron chi connectivity index (χ4n) is 1.72. The first-order valence-electron chi connectivity index (χ1n) is 5.17. The highest BCUT2D eigenvalue weighted by molar-refractivity contribution is 6.33. The van der Waals surface area contributed by atoms with Crippen LogP contribution in [-0.2, 0) is 0 Å². The molecule has 0 amide bonds. The first kappa shape index (κ1) is 11.9. The Morgan fingerprint density at radius 1 is 1.18 bits per heavy atom. The number of pyridine rings is 1. The van der Waals surface area contributed by atoms with Gasteiger partial charge in [-0.1, -0.05) is 11.6 Å². The first-order chi connectivity index (χ1) is 7.99. The maximum Gasteiger partial charge on any atom is 0.127 e. The lowest BCUT2D eigenvalue weighted by atomic mass is 10.0. The van der Waals surface area contributed by atoms with Gasteiger partial charge in [-0.05, 0) is 43.2 Å². The van der Waals surface area contributed by atoms with Crippen molar-refractivity contribution in [3.05, 3.63) is 46.4 Å². The normalized spacial score (nSPS) is 10.6. The van der Waals surface area contributed by atoms with E-state index in [1.165, 1.54) is 6.07 Å². The van der Waals surface area contributed by atoms with E-state index in [9.17, 15) is 4.39 Å². The Kier molecular flexibility index (Phi) is 3.03. The number of rotatable bonds is 1. The molecule has 0 unspecified atom stereocenters. The van der Waals surface area contributed by atoms with E-state index in [2.05, 4.69) is 4.98 Å². The van der Waals surface area contributed by atoms with Crippen LogP contribution in [0.4, 0.5) is 10.1 Å². The fourth-order valence-corrected chi connectivity index (χ4v) is 1.96. The van der Waals surface area contributed by atoms with Gasteiger partial charge < -0.3 is 5.73 Å². The van der Waals surface area contributed by atoms with Crippen LogP contribution in [0.5, 0.6) is 0 Å². The Hall–Kier alpha value is -1.61. The molecule has 0 atom stereocenters. The number of benzene rings is 1. The SMILES string of the molecule is Cc1cc(-c2ncc(N)cc2C)c(Cl)cc1F. The Labute approximate surface area is 104 Å². The Balaban J connectivity index is 2.64. The second-order valence-corrected chi connectivity index (χ2v) is 4.42. The van der Waals surface area contributed by atoms with Crippen LogP contribution in [-0.4, -0.2) is 4.98 Å². The maximum atomic E-state index is 13.3. The van der Waals surface area contributed by atoms with Crippen LogP contribution in [0.2, 0.25) is 5.02 Å². The Morgan fingerprint density at radius 2 is 1.88 bits per heavy atom. The zero-order valence-corrected chi connectivity index (χ0v) is 10.3. The monoisotopic (exact) mass is 250 g/mol. The summed E-state index contributed by atoms with van der Waals surface area (Å²) in [5.41, 5.74) is 9.15. The molecule has 88 valence electrons. The van der Waals surface area contributed by atoms with Crippen molar-refractivity contribution in [1.82, 2.24) is 4.98 Å². The molecule has 0 aliphatic rings. The van der Waals surface area contributed by atoms with Crippen molar-refractivity contribution >= 4 is 17.3 Å². The van der Waals surface area contributed by atoms with Gasteiger partial charge in [-0.2, -0.15) is 0 Å². The second kappa shape index (κ2) is 4.34. The molecule has 1 aromatic carbocycles. The zero-order chi connectivity index (χ0) is 12.6. The van der Waals surface area contributed by atoms with Gasteiger partial charge in [0.05, 0.1) is 22.6 Å².